The molecular weight excluding hydrogens is 442 g/mol. The van der Waals surface area contributed by atoms with E-state index in [0.29, 0.717) is 6.54 Å². The number of hydrogen-bond donors (Lipinski definition) is 0. The normalized spacial score (nSPS) is 17.6. The first-order chi connectivity index (χ1) is 14.3. The molecule has 0 aliphatic carbocycles. The molecule has 4 rings (SSSR count). The Balaban J connectivity index is 1.72. The van der Waals surface area contributed by atoms with Gasteiger partial charge in [-0.2, -0.15) is 0 Å². The minimum absolute atomic E-state index is 0.0498. The molecule has 158 valence electrons. The molecule has 1 aliphatic rings. The molecule has 0 N–H and O–H groups in total. The highest BCUT2D eigenvalue weighted by atomic mass is 35.5. The molecule has 6 nitrogen and oxygen atoms in total. The first kappa shape index (κ1) is 21.2. The zero-order chi connectivity index (χ0) is 21.5. The highest BCUT2D eigenvalue weighted by Crippen LogP contribution is 2.37. The predicted octanol–water partition coefficient (Wildman–Crippen LogP) is 4.57. The van der Waals surface area contributed by atoms with Crippen LogP contribution in [-0.2, 0) is 10.0 Å². The maximum absolute atomic E-state index is 13.5. The molecule has 0 bridgehead atoms. The quantitative estimate of drug-likeness (QED) is 0.568. The highest BCUT2D eigenvalue weighted by molar-refractivity contribution is 7.89. The van der Waals surface area contributed by atoms with Gasteiger partial charge in [-0.15, -0.1) is 11.3 Å². The first-order valence-electron chi connectivity index (χ1n) is 9.67. The number of sulfonamides is 1. The molecule has 0 radical (unpaired) electrons. The second-order valence-electron chi connectivity index (χ2n) is 7.46. The largest absolute Gasteiger partial charge is 0.329 e. The number of likely N-dealkylation sites (tertiary alicyclic amines) is 1. The van der Waals surface area contributed by atoms with Crippen LogP contribution in [0.1, 0.15) is 40.7 Å². The molecule has 1 unspecified atom stereocenters. The molecule has 30 heavy (non-hydrogen) atoms. The van der Waals surface area contributed by atoms with Gasteiger partial charge in [-0.1, -0.05) is 23.7 Å². The van der Waals surface area contributed by atoms with Gasteiger partial charge >= 0.3 is 0 Å². The van der Waals surface area contributed by atoms with Gasteiger partial charge < -0.3 is 4.90 Å². The van der Waals surface area contributed by atoms with Crippen molar-refractivity contribution < 1.29 is 13.2 Å². The molecule has 1 amide bonds. The number of fused-ring (bicyclic) bond motifs is 1. The van der Waals surface area contributed by atoms with Crippen molar-refractivity contribution in [3.63, 3.8) is 0 Å². The number of carbonyl (C=O) groups excluding carboxylic acids is 1. The van der Waals surface area contributed by atoms with Gasteiger partial charge in [-0.25, -0.2) is 17.7 Å². The van der Waals surface area contributed by atoms with Crippen molar-refractivity contribution in [1.82, 2.24) is 14.2 Å². The van der Waals surface area contributed by atoms with Crippen LogP contribution in [0, 0.1) is 0 Å². The van der Waals surface area contributed by atoms with Crippen LogP contribution in [0.25, 0.3) is 10.2 Å². The summed E-state index contributed by atoms with van der Waals surface area (Å²) in [4.78, 5) is 20.1. The number of piperidine rings is 1. The molecule has 1 aromatic heterocycles. The molecule has 0 spiro atoms. The van der Waals surface area contributed by atoms with Crippen LogP contribution in [0.5, 0.6) is 0 Å². The second-order valence-corrected chi connectivity index (χ2v) is 11.1. The third kappa shape index (κ3) is 3.85. The fraction of sp³-hybridized carbons (Fsp3) is 0.333. The number of amides is 1. The third-order valence-electron chi connectivity index (χ3n) is 5.31. The maximum atomic E-state index is 13.5. The number of thiazole rings is 1. The third-order valence-corrected chi connectivity index (χ3v) is 8.58. The van der Waals surface area contributed by atoms with Crippen molar-refractivity contribution in [2.75, 3.05) is 20.6 Å². The Bertz CT molecular complexity index is 1170. The summed E-state index contributed by atoms with van der Waals surface area (Å²) in [6, 6.07) is 12.1. The smallest absolute Gasteiger partial charge is 0.256 e. The number of rotatable bonds is 4. The number of para-hydroxylation sites is 1. The van der Waals surface area contributed by atoms with Crippen LogP contribution >= 0.6 is 22.9 Å². The van der Waals surface area contributed by atoms with Crippen molar-refractivity contribution in [3.05, 3.63) is 58.1 Å². The molecular formula is C21H22ClN3O3S2. The van der Waals surface area contributed by atoms with Gasteiger partial charge in [-0.05, 0) is 49.6 Å². The van der Waals surface area contributed by atoms with E-state index < -0.39 is 10.0 Å². The molecule has 3 aromatic rings. The Kier molecular flexibility index (Phi) is 5.85. The molecule has 9 heteroatoms. The van der Waals surface area contributed by atoms with Crippen molar-refractivity contribution in [2.45, 2.75) is 30.2 Å². The van der Waals surface area contributed by atoms with E-state index in [-0.39, 0.29) is 27.4 Å². The average molecular weight is 464 g/mol. The Morgan fingerprint density at radius 3 is 2.70 bits per heavy atom. The standard InChI is InChI=1S/C21H22ClN3O3S2/c1-24(2)30(27,28)14-10-11-16(22)15(13-14)21(26)25-12-6-5-8-18(25)20-23-17-7-3-4-9-19(17)29-20/h3-4,7,9-11,13,18H,5-6,8,12H2,1-2H3. The van der Waals surface area contributed by atoms with E-state index >= 15 is 0 Å². The molecule has 2 aromatic carbocycles. The molecule has 0 saturated carbocycles. The molecule has 1 atom stereocenters. The lowest BCUT2D eigenvalue weighted by molar-refractivity contribution is 0.0611. The summed E-state index contributed by atoms with van der Waals surface area (Å²) in [6.07, 6.45) is 2.71. The maximum Gasteiger partial charge on any atom is 0.256 e. The van der Waals surface area contributed by atoms with Gasteiger partial charge in [0.25, 0.3) is 5.91 Å². The zero-order valence-electron chi connectivity index (χ0n) is 16.7. The fourth-order valence-corrected chi connectivity index (χ4v) is 5.90. The number of hydrogen-bond acceptors (Lipinski definition) is 5. The van der Waals surface area contributed by atoms with Crippen LogP contribution in [0.3, 0.4) is 0 Å². The summed E-state index contributed by atoms with van der Waals surface area (Å²) in [5, 5.41) is 1.14. The Labute approximate surface area is 185 Å². The van der Waals surface area contributed by atoms with Gasteiger partial charge in [0.15, 0.2) is 0 Å². The lowest BCUT2D eigenvalue weighted by atomic mass is 10.0. The Morgan fingerprint density at radius 1 is 1.20 bits per heavy atom. The van der Waals surface area contributed by atoms with Gasteiger partial charge in [0.05, 0.1) is 31.7 Å². The lowest BCUT2D eigenvalue weighted by Gasteiger charge is -2.34. The van der Waals surface area contributed by atoms with E-state index in [1.807, 2.05) is 24.3 Å². The minimum atomic E-state index is -3.67. The van der Waals surface area contributed by atoms with E-state index in [1.54, 1.807) is 16.2 Å². The fourth-order valence-electron chi connectivity index (χ4n) is 3.66. The number of benzene rings is 2. The van der Waals surface area contributed by atoms with Crippen LogP contribution in [0.2, 0.25) is 5.02 Å². The number of nitrogens with zero attached hydrogens (tertiary/aromatic N) is 3. The van der Waals surface area contributed by atoms with Crippen LogP contribution in [-0.4, -0.2) is 49.2 Å². The number of halogens is 1. The van der Waals surface area contributed by atoms with Crippen LogP contribution < -0.4 is 0 Å². The zero-order valence-corrected chi connectivity index (χ0v) is 19.1. The highest BCUT2D eigenvalue weighted by Gasteiger charge is 2.32. The average Bonchev–Trinajstić information content (AvgIpc) is 3.17. The summed E-state index contributed by atoms with van der Waals surface area (Å²) >= 11 is 7.92. The molecule has 1 aliphatic heterocycles. The lowest BCUT2D eigenvalue weighted by Crippen LogP contribution is -2.38. The van der Waals surface area contributed by atoms with E-state index in [0.717, 1.165) is 38.8 Å². The second kappa shape index (κ2) is 8.26. The molecule has 2 heterocycles. The summed E-state index contributed by atoms with van der Waals surface area (Å²) in [5.74, 6) is -0.264. The van der Waals surface area contributed by atoms with Gasteiger partial charge in [0, 0.05) is 20.6 Å². The minimum Gasteiger partial charge on any atom is -0.329 e. The number of aromatic nitrogens is 1. The van der Waals surface area contributed by atoms with E-state index in [1.165, 1.54) is 32.3 Å². The molecule has 1 fully saturated rings. The van der Waals surface area contributed by atoms with Crippen molar-refractivity contribution in [2.24, 2.45) is 0 Å². The summed E-state index contributed by atoms with van der Waals surface area (Å²) < 4.78 is 27.3. The summed E-state index contributed by atoms with van der Waals surface area (Å²) in [7, 11) is -0.755. The first-order valence-corrected chi connectivity index (χ1v) is 12.3. The molecule has 1 saturated heterocycles. The summed E-state index contributed by atoms with van der Waals surface area (Å²) in [6.45, 7) is 0.584. The van der Waals surface area contributed by atoms with Crippen molar-refractivity contribution in [3.8, 4) is 0 Å². The van der Waals surface area contributed by atoms with Crippen LogP contribution in [0.15, 0.2) is 47.4 Å². The summed E-state index contributed by atoms with van der Waals surface area (Å²) in [5.41, 5.74) is 1.13. The van der Waals surface area contributed by atoms with E-state index in [9.17, 15) is 13.2 Å². The van der Waals surface area contributed by atoms with Crippen LogP contribution in [0.4, 0.5) is 0 Å². The van der Waals surface area contributed by atoms with Gasteiger partial charge in [-0.3, -0.25) is 4.79 Å². The van der Waals surface area contributed by atoms with Crippen molar-refractivity contribution in [1.29, 1.82) is 0 Å². The van der Waals surface area contributed by atoms with Gasteiger partial charge in [0.2, 0.25) is 10.0 Å². The Hall–Kier alpha value is -2.00. The van der Waals surface area contributed by atoms with Gasteiger partial charge in [0.1, 0.15) is 5.01 Å². The van der Waals surface area contributed by atoms with E-state index in [2.05, 4.69) is 0 Å². The monoisotopic (exact) mass is 463 g/mol. The Morgan fingerprint density at radius 2 is 1.97 bits per heavy atom. The van der Waals surface area contributed by atoms with E-state index in [4.69, 9.17) is 16.6 Å². The SMILES string of the molecule is CN(C)S(=O)(=O)c1ccc(Cl)c(C(=O)N2CCCCC2c2nc3ccccc3s2)c1. The predicted molar refractivity (Wildman–Crippen MR) is 120 cm³/mol. The topological polar surface area (TPSA) is 70.6 Å². The number of carbonyl (C=O) groups is 1. The van der Waals surface area contributed by atoms with Crippen molar-refractivity contribution >= 4 is 49.1 Å².